The van der Waals surface area contributed by atoms with Gasteiger partial charge in [-0.2, -0.15) is 15.0 Å². The SMILES string of the molecule is CCNc1nc(OC)nc(N(CC)CC(N)=O)n1. The highest BCUT2D eigenvalue weighted by atomic mass is 16.5. The van der Waals surface area contributed by atoms with Gasteiger partial charge in [-0.1, -0.05) is 0 Å². The van der Waals surface area contributed by atoms with Crippen LogP contribution in [-0.2, 0) is 4.79 Å². The molecule has 3 N–H and O–H groups in total. The van der Waals surface area contributed by atoms with E-state index < -0.39 is 5.91 Å². The quantitative estimate of drug-likeness (QED) is 0.683. The molecule has 0 spiro atoms. The zero-order valence-corrected chi connectivity index (χ0v) is 10.8. The van der Waals surface area contributed by atoms with Crippen LogP contribution in [0, 0.1) is 0 Å². The fourth-order valence-electron chi connectivity index (χ4n) is 1.33. The molecule has 0 bridgehead atoms. The van der Waals surface area contributed by atoms with Crippen LogP contribution in [0.3, 0.4) is 0 Å². The molecular formula is C10H18N6O2. The number of anilines is 2. The van der Waals surface area contributed by atoms with E-state index in [1.807, 2.05) is 13.8 Å². The zero-order chi connectivity index (χ0) is 13.5. The van der Waals surface area contributed by atoms with Gasteiger partial charge >= 0.3 is 6.01 Å². The Hall–Kier alpha value is -2.12. The molecule has 0 aliphatic heterocycles. The van der Waals surface area contributed by atoms with Crippen LogP contribution in [0.1, 0.15) is 13.8 Å². The van der Waals surface area contributed by atoms with Gasteiger partial charge in [0.15, 0.2) is 0 Å². The number of rotatable bonds is 7. The summed E-state index contributed by atoms with van der Waals surface area (Å²) in [6.45, 7) is 5.09. The number of nitrogens with one attached hydrogen (secondary N) is 1. The second kappa shape index (κ2) is 6.58. The lowest BCUT2D eigenvalue weighted by Gasteiger charge is -2.19. The van der Waals surface area contributed by atoms with Crippen LogP contribution in [-0.4, -0.2) is 47.6 Å². The van der Waals surface area contributed by atoms with E-state index in [1.54, 1.807) is 4.90 Å². The van der Waals surface area contributed by atoms with Crippen LogP contribution in [0.25, 0.3) is 0 Å². The van der Waals surface area contributed by atoms with Crippen molar-refractivity contribution >= 4 is 17.8 Å². The van der Waals surface area contributed by atoms with Gasteiger partial charge in [0.2, 0.25) is 17.8 Å². The van der Waals surface area contributed by atoms with Crippen LogP contribution in [0.2, 0.25) is 0 Å². The number of hydrogen-bond donors (Lipinski definition) is 2. The fraction of sp³-hybridized carbons (Fsp3) is 0.600. The summed E-state index contributed by atoms with van der Waals surface area (Å²) in [5.41, 5.74) is 5.17. The molecule has 100 valence electrons. The highest BCUT2D eigenvalue weighted by molar-refractivity contribution is 5.78. The maximum Gasteiger partial charge on any atom is 0.322 e. The van der Waals surface area contributed by atoms with Crippen LogP contribution < -0.4 is 20.7 Å². The van der Waals surface area contributed by atoms with E-state index in [0.717, 1.165) is 0 Å². The number of nitrogens with two attached hydrogens (primary N) is 1. The highest BCUT2D eigenvalue weighted by Gasteiger charge is 2.14. The first-order chi connectivity index (χ1) is 8.60. The Morgan fingerprint density at radius 2 is 2.11 bits per heavy atom. The third-order valence-corrected chi connectivity index (χ3v) is 2.13. The first-order valence-electron chi connectivity index (χ1n) is 5.67. The van der Waals surface area contributed by atoms with Gasteiger partial charge in [-0.15, -0.1) is 0 Å². The Morgan fingerprint density at radius 1 is 1.39 bits per heavy atom. The number of methoxy groups -OCH3 is 1. The molecule has 1 amide bonds. The molecule has 0 aliphatic rings. The third kappa shape index (κ3) is 3.72. The Balaban J connectivity index is 3.04. The Morgan fingerprint density at radius 3 is 2.61 bits per heavy atom. The molecular weight excluding hydrogens is 236 g/mol. The maximum atomic E-state index is 11.0. The van der Waals surface area contributed by atoms with Crippen molar-refractivity contribution in [2.24, 2.45) is 5.73 Å². The van der Waals surface area contributed by atoms with Crippen molar-refractivity contribution < 1.29 is 9.53 Å². The Labute approximate surface area is 106 Å². The molecule has 0 aromatic carbocycles. The Kier molecular flexibility index (Phi) is 5.09. The molecule has 0 atom stereocenters. The number of carbonyl (C=O) groups excluding carboxylic acids is 1. The van der Waals surface area contributed by atoms with E-state index in [2.05, 4.69) is 20.3 Å². The molecule has 0 saturated carbocycles. The van der Waals surface area contributed by atoms with E-state index in [1.165, 1.54) is 7.11 Å². The third-order valence-electron chi connectivity index (χ3n) is 2.13. The number of primary amides is 1. The molecule has 8 heteroatoms. The van der Waals surface area contributed by atoms with Gasteiger partial charge in [0.25, 0.3) is 0 Å². The van der Waals surface area contributed by atoms with Gasteiger partial charge in [-0.3, -0.25) is 4.79 Å². The van der Waals surface area contributed by atoms with Gasteiger partial charge in [-0.25, -0.2) is 0 Å². The number of hydrogen-bond acceptors (Lipinski definition) is 7. The highest BCUT2D eigenvalue weighted by Crippen LogP contribution is 2.14. The van der Waals surface area contributed by atoms with Crippen LogP contribution >= 0.6 is 0 Å². The standard InChI is InChI=1S/C10H18N6O2/c1-4-12-8-13-9(15-10(14-8)18-3)16(5-2)6-7(11)17/h4-6H2,1-3H3,(H2,11,17)(H,12,13,14,15). The average Bonchev–Trinajstić information content (AvgIpc) is 2.35. The molecule has 0 aliphatic carbocycles. The van der Waals surface area contributed by atoms with Crippen LogP contribution in [0.4, 0.5) is 11.9 Å². The van der Waals surface area contributed by atoms with Crippen molar-refractivity contribution in [3.63, 3.8) is 0 Å². The number of carbonyl (C=O) groups is 1. The minimum absolute atomic E-state index is 0.0508. The van der Waals surface area contributed by atoms with Gasteiger partial charge in [0.05, 0.1) is 13.7 Å². The molecule has 0 fully saturated rings. The van der Waals surface area contributed by atoms with Crippen LogP contribution in [0.5, 0.6) is 6.01 Å². The fourth-order valence-corrected chi connectivity index (χ4v) is 1.33. The predicted molar refractivity (Wildman–Crippen MR) is 67.6 cm³/mol. The first kappa shape index (κ1) is 13.9. The smallest absolute Gasteiger partial charge is 0.322 e. The number of likely N-dealkylation sites (N-methyl/N-ethyl adjacent to an activating group) is 1. The monoisotopic (exact) mass is 254 g/mol. The number of ether oxygens (including phenoxy) is 1. The lowest BCUT2D eigenvalue weighted by Crippen LogP contribution is -2.35. The number of amides is 1. The molecule has 1 heterocycles. The van der Waals surface area contributed by atoms with Gasteiger partial charge in [0.1, 0.15) is 0 Å². The van der Waals surface area contributed by atoms with Crippen LogP contribution in [0.15, 0.2) is 0 Å². The van der Waals surface area contributed by atoms with Gasteiger partial charge < -0.3 is 20.7 Å². The summed E-state index contributed by atoms with van der Waals surface area (Å²) in [6.07, 6.45) is 0. The molecule has 0 saturated heterocycles. The predicted octanol–water partition coefficient (Wildman–Crippen LogP) is -0.376. The lowest BCUT2D eigenvalue weighted by atomic mass is 10.5. The summed E-state index contributed by atoms with van der Waals surface area (Å²) in [5.74, 6) is 0.322. The van der Waals surface area contributed by atoms with E-state index in [9.17, 15) is 4.79 Å². The van der Waals surface area contributed by atoms with Gasteiger partial charge in [0, 0.05) is 13.1 Å². The average molecular weight is 254 g/mol. The summed E-state index contributed by atoms with van der Waals surface area (Å²) in [6, 6.07) is 0.193. The maximum absolute atomic E-state index is 11.0. The molecule has 1 aromatic heterocycles. The number of aromatic nitrogens is 3. The minimum Gasteiger partial charge on any atom is -0.467 e. The summed E-state index contributed by atoms with van der Waals surface area (Å²) in [7, 11) is 1.47. The van der Waals surface area contributed by atoms with Crippen molar-refractivity contribution in [2.45, 2.75) is 13.8 Å². The molecule has 0 radical (unpaired) electrons. The topological polar surface area (TPSA) is 106 Å². The summed E-state index contributed by atoms with van der Waals surface area (Å²) in [5, 5.41) is 2.97. The second-order valence-corrected chi connectivity index (χ2v) is 3.46. The molecule has 1 rings (SSSR count). The van der Waals surface area contributed by atoms with E-state index in [0.29, 0.717) is 25.0 Å². The van der Waals surface area contributed by atoms with E-state index in [4.69, 9.17) is 10.5 Å². The van der Waals surface area contributed by atoms with Crippen molar-refractivity contribution in [1.29, 1.82) is 0 Å². The Bertz CT molecular complexity index is 411. The summed E-state index contributed by atoms with van der Waals surface area (Å²) >= 11 is 0. The largest absolute Gasteiger partial charge is 0.467 e. The molecule has 8 nitrogen and oxygen atoms in total. The molecule has 18 heavy (non-hydrogen) atoms. The van der Waals surface area contributed by atoms with Crippen molar-refractivity contribution in [1.82, 2.24) is 15.0 Å². The first-order valence-corrected chi connectivity index (χ1v) is 5.67. The van der Waals surface area contributed by atoms with E-state index in [-0.39, 0.29) is 12.6 Å². The van der Waals surface area contributed by atoms with Gasteiger partial charge in [-0.05, 0) is 13.8 Å². The lowest BCUT2D eigenvalue weighted by molar-refractivity contribution is -0.116. The molecule has 0 unspecified atom stereocenters. The second-order valence-electron chi connectivity index (χ2n) is 3.46. The number of nitrogens with zero attached hydrogens (tertiary/aromatic N) is 4. The van der Waals surface area contributed by atoms with E-state index >= 15 is 0 Å². The van der Waals surface area contributed by atoms with Crippen molar-refractivity contribution in [3.05, 3.63) is 0 Å². The van der Waals surface area contributed by atoms with Crippen molar-refractivity contribution in [3.8, 4) is 6.01 Å². The zero-order valence-electron chi connectivity index (χ0n) is 10.8. The minimum atomic E-state index is -0.443. The normalized spacial score (nSPS) is 9.94. The summed E-state index contributed by atoms with van der Waals surface area (Å²) < 4.78 is 5.00. The summed E-state index contributed by atoms with van der Waals surface area (Å²) in [4.78, 5) is 24.9. The van der Waals surface area contributed by atoms with Crippen molar-refractivity contribution in [2.75, 3.05) is 37.0 Å². The molecule has 1 aromatic rings.